The first-order chi connectivity index (χ1) is 16.9. The Bertz CT molecular complexity index is 1400. The number of benzene rings is 3. The van der Waals surface area contributed by atoms with Crippen molar-refractivity contribution in [1.82, 2.24) is 4.98 Å². The SMILES string of the molecule is Cc1ccc(S(=O)(=O)N(CCCCCCCCN)c2ccc3cc4ccc(N)cc4nc3c2)cc1. The van der Waals surface area contributed by atoms with Crippen molar-refractivity contribution in [2.45, 2.75) is 50.3 Å². The molecule has 1 heterocycles. The standard InChI is InChI=1S/C28H34N4O2S/c1-21-8-14-26(15-9-21)35(33,34)32(17-7-5-3-2-4-6-16-29)25-13-11-23-18-22-10-12-24(30)19-27(22)31-28(23)20-25/h8-15,18-20H,2-7,16-17,29-30H2,1H3. The Labute approximate surface area is 208 Å². The van der Waals surface area contributed by atoms with Crippen LogP contribution in [0.15, 0.2) is 71.6 Å². The zero-order valence-electron chi connectivity index (χ0n) is 20.3. The lowest BCUT2D eigenvalue weighted by atomic mass is 10.1. The number of nitrogens with two attached hydrogens (primary N) is 2. The first-order valence-corrected chi connectivity index (χ1v) is 13.7. The molecule has 35 heavy (non-hydrogen) atoms. The van der Waals surface area contributed by atoms with Gasteiger partial charge in [-0.3, -0.25) is 4.31 Å². The fourth-order valence-electron chi connectivity index (χ4n) is 4.32. The van der Waals surface area contributed by atoms with Crippen LogP contribution in [0.1, 0.15) is 44.1 Å². The fourth-order valence-corrected chi connectivity index (χ4v) is 5.81. The van der Waals surface area contributed by atoms with Gasteiger partial charge in [0.05, 0.1) is 21.6 Å². The summed E-state index contributed by atoms with van der Waals surface area (Å²) in [6, 6.07) is 20.4. The molecule has 0 aliphatic rings. The zero-order chi connectivity index (χ0) is 24.8. The van der Waals surface area contributed by atoms with Crippen LogP contribution in [0.2, 0.25) is 0 Å². The molecule has 0 aliphatic carbocycles. The minimum atomic E-state index is -3.72. The van der Waals surface area contributed by atoms with Gasteiger partial charge in [-0.25, -0.2) is 13.4 Å². The van der Waals surface area contributed by atoms with E-state index < -0.39 is 10.0 Å². The van der Waals surface area contributed by atoms with Gasteiger partial charge >= 0.3 is 0 Å². The van der Waals surface area contributed by atoms with Crippen molar-refractivity contribution < 1.29 is 8.42 Å². The van der Waals surface area contributed by atoms with E-state index in [1.807, 2.05) is 55.5 Å². The van der Waals surface area contributed by atoms with Crippen LogP contribution in [0.5, 0.6) is 0 Å². The van der Waals surface area contributed by atoms with Gasteiger partial charge < -0.3 is 11.5 Å². The summed E-state index contributed by atoms with van der Waals surface area (Å²) in [6.45, 7) is 3.09. The van der Waals surface area contributed by atoms with Crippen molar-refractivity contribution in [3.8, 4) is 0 Å². The van der Waals surface area contributed by atoms with E-state index in [1.54, 1.807) is 12.1 Å². The van der Waals surface area contributed by atoms with E-state index in [-0.39, 0.29) is 0 Å². The molecule has 0 amide bonds. The van der Waals surface area contributed by atoms with Gasteiger partial charge in [0.1, 0.15) is 0 Å². The Morgan fingerprint density at radius 3 is 2.11 bits per heavy atom. The number of hydrogen-bond acceptors (Lipinski definition) is 5. The maximum absolute atomic E-state index is 13.7. The number of sulfonamides is 1. The van der Waals surface area contributed by atoms with Gasteiger partial charge in [0.15, 0.2) is 0 Å². The summed E-state index contributed by atoms with van der Waals surface area (Å²) in [5.74, 6) is 0. The highest BCUT2D eigenvalue weighted by Gasteiger charge is 2.25. The molecule has 4 rings (SSSR count). The number of fused-ring (bicyclic) bond motifs is 2. The molecule has 0 atom stereocenters. The average molecular weight is 491 g/mol. The first kappa shape index (κ1) is 24.9. The highest BCUT2D eigenvalue weighted by molar-refractivity contribution is 7.92. The van der Waals surface area contributed by atoms with Gasteiger partial charge in [0.2, 0.25) is 0 Å². The number of aromatic nitrogens is 1. The van der Waals surface area contributed by atoms with E-state index in [0.717, 1.165) is 72.4 Å². The summed E-state index contributed by atoms with van der Waals surface area (Å²) >= 11 is 0. The second-order valence-electron chi connectivity index (χ2n) is 9.12. The Hall–Kier alpha value is -3.16. The highest BCUT2D eigenvalue weighted by atomic mass is 32.2. The Morgan fingerprint density at radius 1 is 0.771 bits per heavy atom. The van der Waals surface area contributed by atoms with E-state index in [1.165, 1.54) is 4.31 Å². The van der Waals surface area contributed by atoms with Gasteiger partial charge in [-0.1, -0.05) is 55.5 Å². The monoisotopic (exact) mass is 490 g/mol. The maximum atomic E-state index is 13.7. The van der Waals surface area contributed by atoms with Crippen LogP contribution in [-0.2, 0) is 10.0 Å². The molecule has 0 bridgehead atoms. The topological polar surface area (TPSA) is 102 Å². The number of unbranched alkanes of at least 4 members (excludes halogenated alkanes) is 5. The van der Waals surface area contributed by atoms with Gasteiger partial charge in [0, 0.05) is 23.0 Å². The fraction of sp³-hybridized carbons (Fsp3) is 0.321. The van der Waals surface area contributed by atoms with Crippen LogP contribution < -0.4 is 15.8 Å². The lowest BCUT2D eigenvalue weighted by Gasteiger charge is -2.25. The summed E-state index contributed by atoms with van der Waals surface area (Å²) < 4.78 is 29.0. The third kappa shape index (κ3) is 5.92. The van der Waals surface area contributed by atoms with E-state index in [0.29, 0.717) is 22.8 Å². The number of nitrogens with zero attached hydrogens (tertiary/aromatic N) is 2. The van der Waals surface area contributed by atoms with Gasteiger partial charge in [-0.15, -0.1) is 0 Å². The number of aryl methyl sites for hydroxylation is 1. The summed E-state index contributed by atoms with van der Waals surface area (Å²) in [6.07, 6.45) is 6.12. The van der Waals surface area contributed by atoms with Crippen molar-refractivity contribution in [3.05, 3.63) is 72.3 Å². The van der Waals surface area contributed by atoms with E-state index in [4.69, 9.17) is 16.5 Å². The molecular weight excluding hydrogens is 456 g/mol. The average Bonchev–Trinajstić information content (AvgIpc) is 2.84. The van der Waals surface area contributed by atoms with Crippen molar-refractivity contribution >= 4 is 43.2 Å². The van der Waals surface area contributed by atoms with Crippen molar-refractivity contribution in [1.29, 1.82) is 0 Å². The minimum absolute atomic E-state index is 0.297. The molecule has 0 radical (unpaired) electrons. The largest absolute Gasteiger partial charge is 0.399 e. The summed E-state index contributed by atoms with van der Waals surface area (Å²) in [7, 11) is -3.72. The number of pyridine rings is 1. The van der Waals surface area contributed by atoms with E-state index in [2.05, 4.69) is 6.07 Å². The number of hydrogen-bond donors (Lipinski definition) is 2. The van der Waals surface area contributed by atoms with Crippen molar-refractivity contribution in [2.75, 3.05) is 23.1 Å². The molecule has 0 unspecified atom stereocenters. The Balaban J connectivity index is 1.66. The molecule has 0 aliphatic heterocycles. The van der Waals surface area contributed by atoms with Gasteiger partial charge in [-0.05, 0) is 68.8 Å². The third-order valence-corrected chi connectivity index (χ3v) is 8.17. The van der Waals surface area contributed by atoms with Crippen molar-refractivity contribution in [2.24, 2.45) is 5.73 Å². The summed E-state index contributed by atoms with van der Waals surface area (Å²) in [5.41, 5.74) is 15.4. The van der Waals surface area contributed by atoms with Crippen LogP contribution in [0, 0.1) is 6.92 Å². The van der Waals surface area contributed by atoms with Crippen LogP contribution in [0.4, 0.5) is 11.4 Å². The molecule has 1 aromatic heterocycles. The molecular formula is C28H34N4O2S. The highest BCUT2D eigenvalue weighted by Crippen LogP contribution is 2.29. The minimum Gasteiger partial charge on any atom is -0.399 e. The van der Waals surface area contributed by atoms with Crippen molar-refractivity contribution in [3.63, 3.8) is 0 Å². The summed E-state index contributed by atoms with van der Waals surface area (Å²) in [5, 5.41) is 1.96. The Kier molecular flexibility index (Phi) is 7.88. The summed E-state index contributed by atoms with van der Waals surface area (Å²) in [4.78, 5) is 5.07. The number of rotatable bonds is 11. The molecule has 6 nitrogen and oxygen atoms in total. The van der Waals surface area contributed by atoms with Gasteiger partial charge in [0.25, 0.3) is 10.0 Å². The van der Waals surface area contributed by atoms with Crippen LogP contribution >= 0.6 is 0 Å². The first-order valence-electron chi connectivity index (χ1n) is 12.3. The quantitative estimate of drug-likeness (QED) is 0.158. The number of nitrogen functional groups attached to an aromatic ring is 1. The molecule has 0 saturated carbocycles. The number of anilines is 2. The molecule has 4 aromatic rings. The maximum Gasteiger partial charge on any atom is 0.264 e. The second-order valence-corrected chi connectivity index (χ2v) is 11.0. The molecule has 0 saturated heterocycles. The van der Waals surface area contributed by atoms with Crippen LogP contribution in [0.25, 0.3) is 21.8 Å². The molecule has 3 aromatic carbocycles. The predicted molar refractivity (Wildman–Crippen MR) is 146 cm³/mol. The lowest BCUT2D eigenvalue weighted by Crippen LogP contribution is -2.32. The third-order valence-electron chi connectivity index (χ3n) is 6.33. The van der Waals surface area contributed by atoms with Crippen LogP contribution in [-0.4, -0.2) is 26.5 Å². The predicted octanol–water partition coefficient (Wildman–Crippen LogP) is 5.77. The second kappa shape index (κ2) is 11.1. The molecule has 184 valence electrons. The molecule has 7 heteroatoms. The smallest absolute Gasteiger partial charge is 0.264 e. The van der Waals surface area contributed by atoms with Crippen LogP contribution in [0.3, 0.4) is 0 Å². The zero-order valence-corrected chi connectivity index (χ0v) is 21.1. The lowest BCUT2D eigenvalue weighted by molar-refractivity contribution is 0.578. The van der Waals surface area contributed by atoms with E-state index >= 15 is 0 Å². The normalized spacial score (nSPS) is 11.8. The van der Waals surface area contributed by atoms with Gasteiger partial charge in [-0.2, -0.15) is 0 Å². The molecule has 4 N–H and O–H groups in total. The van der Waals surface area contributed by atoms with E-state index in [9.17, 15) is 8.42 Å². The molecule has 0 spiro atoms. The molecule has 0 fully saturated rings. The Morgan fingerprint density at radius 2 is 1.40 bits per heavy atom.